The quantitative estimate of drug-likeness (QED) is 0.219. The van der Waals surface area contributed by atoms with Gasteiger partial charge in [0.05, 0.1) is 33.7 Å². The zero-order chi connectivity index (χ0) is 29.0. The molecule has 1 aliphatic carbocycles. The molecule has 0 spiro atoms. The van der Waals surface area contributed by atoms with Gasteiger partial charge in [0.1, 0.15) is 34.4 Å². The van der Waals surface area contributed by atoms with E-state index in [1.54, 1.807) is 12.1 Å². The second-order valence-electron chi connectivity index (χ2n) is 8.65. The van der Waals surface area contributed by atoms with Gasteiger partial charge >= 0.3 is 16.2 Å². The van der Waals surface area contributed by atoms with E-state index in [0.717, 1.165) is 17.9 Å². The number of esters is 1. The van der Waals surface area contributed by atoms with Crippen LogP contribution in [-0.4, -0.2) is 22.9 Å². The molecular formula is C23H15Cl2F6N5O2S. The monoisotopic (exact) mass is 609 g/mol. The van der Waals surface area contributed by atoms with Crippen molar-refractivity contribution in [1.82, 2.24) is 9.78 Å². The summed E-state index contributed by atoms with van der Waals surface area (Å²) in [7, 11) is -9.04. The minimum atomic E-state index is -10.2. The molecular weight excluding hydrogens is 595 g/mol. The van der Waals surface area contributed by atoms with Crippen LogP contribution < -0.4 is 5.32 Å². The molecule has 206 valence electrons. The van der Waals surface area contributed by atoms with Crippen LogP contribution in [0.25, 0.3) is 5.69 Å². The number of hydrogen-bond acceptors (Lipinski definition) is 6. The third kappa shape index (κ3) is 5.20. The Balaban J connectivity index is 1.93. The molecule has 1 heterocycles. The molecule has 0 radical (unpaired) electrons. The summed E-state index contributed by atoms with van der Waals surface area (Å²) in [6.45, 7) is -0.192. The first-order valence-electron chi connectivity index (χ1n) is 10.7. The number of nitrogens with zero attached hydrogens (tertiary/aromatic N) is 4. The third-order valence-corrected chi connectivity index (χ3v) is 7.76. The smallest absolute Gasteiger partial charge is 0.316 e. The molecule has 4 rings (SSSR count). The maximum atomic E-state index is 14.2. The van der Waals surface area contributed by atoms with Crippen LogP contribution in [-0.2, 0) is 21.5 Å². The number of halogens is 8. The highest BCUT2D eigenvalue weighted by molar-refractivity contribution is 8.45. The predicted octanol–water partition coefficient (Wildman–Crippen LogP) is 7.54. The van der Waals surface area contributed by atoms with E-state index in [-0.39, 0.29) is 54.2 Å². The lowest BCUT2D eigenvalue weighted by Crippen LogP contribution is -2.24. The molecule has 3 aromatic rings. The van der Waals surface area contributed by atoms with Gasteiger partial charge in [0.15, 0.2) is 5.69 Å². The minimum absolute atomic E-state index is 0.00916. The maximum absolute atomic E-state index is 14.2. The number of nitrogens with one attached hydrogen (secondary N) is 1. The first-order valence-corrected chi connectivity index (χ1v) is 13.4. The Kier molecular flexibility index (Phi) is 6.35. The van der Waals surface area contributed by atoms with Gasteiger partial charge in [0, 0.05) is 6.54 Å². The molecule has 7 nitrogen and oxygen atoms in total. The molecule has 1 aliphatic rings. The molecule has 1 N–H and O–H groups in total. The van der Waals surface area contributed by atoms with Gasteiger partial charge in [0.25, 0.3) is 0 Å². The van der Waals surface area contributed by atoms with E-state index in [2.05, 4.69) is 10.4 Å². The molecule has 1 saturated carbocycles. The molecule has 1 fully saturated rings. The van der Waals surface area contributed by atoms with Gasteiger partial charge in [-0.1, -0.05) is 48.7 Å². The zero-order valence-corrected chi connectivity index (χ0v) is 21.9. The summed E-state index contributed by atoms with van der Waals surface area (Å²) < 4.78 is 87.0. The van der Waals surface area contributed by atoms with Crippen molar-refractivity contribution in [3.8, 4) is 17.8 Å². The Labute approximate surface area is 227 Å². The lowest BCUT2D eigenvalue weighted by atomic mass is 9.95. The van der Waals surface area contributed by atoms with Crippen molar-refractivity contribution >= 4 is 45.2 Å². The standard InChI is InChI=1S/C23H15Cl2F6N5O2S/c1-38-22(37)23(4-5-23)19-18(10-33)35-36(21(19)34-11-12-2-3-13(9-32)17(26)6-12)20-15(24)7-14(8-16(20)25)39(27,28,29,30)31/h2-3,6-8,34H,4-5,11H2,1H3. The van der Waals surface area contributed by atoms with Gasteiger partial charge in [-0.25, -0.2) is 9.07 Å². The molecule has 2 aromatic carbocycles. The average Bonchev–Trinajstić information content (AvgIpc) is 3.56. The molecule has 0 unspecified atom stereocenters. The summed E-state index contributed by atoms with van der Waals surface area (Å²) in [5, 5.41) is 23.9. The van der Waals surface area contributed by atoms with Crippen LogP contribution >= 0.6 is 33.4 Å². The Morgan fingerprint density at radius 2 is 1.74 bits per heavy atom. The first-order chi connectivity index (χ1) is 17.9. The molecule has 0 amide bonds. The Morgan fingerprint density at radius 3 is 2.21 bits per heavy atom. The van der Waals surface area contributed by atoms with Crippen LogP contribution in [0.3, 0.4) is 0 Å². The Morgan fingerprint density at radius 1 is 1.13 bits per heavy atom. The minimum Gasteiger partial charge on any atom is -0.468 e. The molecule has 0 aliphatic heterocycles. The van der Waals surface area contributed by atoms with Crippen molar-refractivity contribution in [3.05, 3.63) is 68.6 Å². The van der Waals surface area contributed by atoms with Crippen molar-refractivity contribution in [3.63, 3.8) is 0 Å². The maximum Gasteiger partial charge on any atom is 0.316 e. The second kappa shape index (κ2) is 8.71. The van der Waals surface area contributed by atoms with E-state index in [1.807, 2.05) is 0 Å². The normalized spacial score (nSPS) is 15.9. The molecule has 16 heteroatoms. The summed E-state index contributed by atoms with van der Waals surface area (Å²) in [6, 6.07) is 7.13. The fourth-order valence-corrected chi connectivity index (χ4v) is 5.52. The van der Waals surface area contributed by atoms with Gasteiger partial charge < -0.3 is 10.1 Å². The van der Waals surface area contributed by atoms with Gasteiger partial charge in [-0.2, -0.15) is 15.6 Å². The molecule has 39 heavy (non-hydrogen) atoms. The highest BCUT2D eigenvalue weighted by Crippen LogP contribution is 3.02. The number of hydrogen-bond donors (Lipinski definition) is 1. The molecule has 0 saturated heterocycles. The van der Waals surface area contributed by atoms with E-state index in [9.17, 15) is 33.9 Å². The molecule has 0 bridgehead atoms. The van der Waals surface area contributed by atoms with Crippen LogP contribution in [0, 0.1) is 28.5 Å². The van der Waals surface area contributed by atoms with Gasteiger partial charge in [-0.15, -0.1) is 0 Å². The number of anilines is 1. The van der Waals surface area contributed by atoms with Crippen molar-refractivity contribution < 1.29 is 33.4 Å². The summed E-state index contributed by atoms with van der Waals surface area (Å²) in [5.41, 5.74) is -2.09. The van der Waals surface area contributed by atoms with E-state index < -0.39 is 48.1 Å². The van der Waals surface area contributed by atoms with Crippen LogP contribution in [0.2, 0.25) is 10.0 Å². The predicted molar refractivity (Wildman–Crippen MR) is 131 cm³/mol. The summed E-state index contributed by atoms with van der Waals surface area (Å²) in [6.07, 6.45) is 0.454. The molecule has 1 aromatic heterocycles. The van der Waals surface area contributed by atoms with Crippen LogP contribution in [0.5, 0.6) is 0 Å². The SMILES string of the molecule is COC(=O)C1(c2c(C#N)nn(-c3c(Cl)cc(S(F)(F)(F)(F)F)cc3Cl)c2NCc2ccc(C#N)c(F)c2)CC1. The third-order valence-electron chi connectivity index (χ3n) is 6.06. The van der Waals surface area contributed by atoms with Crippen molar-refractivity contribution in [1.29, 1.82) is 10.5 Å². The summed E-state index contributed by atoms with van der Waals surface area (Å²) >= 11 is 12.0. The Hall–Kier alpha value is -3.59. The lowest BCUT2D eigenvalue weighted by Gasteiger charge is -2.40. The van der Waals surface area contributed by atoms with E-state index in [1.165, 1.54) is 12.1 Å². The number of ether oxygens (including phenoxy) is 1. The van der Waals surface area contributed by atoms with Crippen LogP contribution in [0.1, 0.15) is 35.2 Å². The van der Waals surface area contributed by atoms with Crippen molar-refractivity contribution in [2.75, 3.05) is 12.4 Å². The van der Waals surface area contributed by atoms with Crippen molar-refractivity contribution in [2.24, 2.45) is 0 Å². The number of benzene rings is 2. The first kappa shape index (κ1) is 28.4. The number of carbonyl (C=O) groups excluding carboxylic acids is 1. The average molecular weight is 610 g/mol. The van der Waals surface area contributed by atoms with Crippen LogP contribution in [0.15, 0.2) is 35.2 Å². The van der Waals surface area contributed by atoms with E-state index in [4.69, 9.17) is 33.2 Å². The zero-order valence-electron chi connectivity index (χ0n) is 19.5. The number of carbonyl (C=O) groups is 1. The topological polar surface area (TPSA) is 104 Å². The van der Waals surface area contributed by atoms with E-state index in [0.29, 0.717) is 5.56 Å². The molecule has 0 atom stereocenters. The number of rotatable bonds is 7. The largest absolute Gasteiger partial charge is 0.468 e. The second-order valence-corrected chi connectivity index (χ2v) is 11.9. The number of aromatic nitrogens is 2. The van der Waals surface area contributed by atoms with Crippen LogP contribution in [0.4, 0.5) is 29.6 Å². The van der Waals surface area contributed by atoms with Gasteiger partial charge in [-0.3, -0.25) is 4.79 Å². The fourth-order valence-electron chi connectivity index (χ4n) is 4.06. The number of methoxy groups -OCH3 is 1. The Bertz CT molecular complexity index is 1600. The highest BCUT2D eigenvalue weighted by atomic mass is 35.5. The number of nitriles is 2. The van der Waals surface area contributed by atoms with Gasteiger partial charge in [0.2, 0.25) is 0 Å². The summed E-state index contributed by atoms with van der Waals surface area (Å²) in [4.78, 5) is 10.3. The van der Waals surface area contributed by atoms with Crippen molar-refractivity contribution in [2.45, 2.75) is 29.7 Å². The lowest BCUT2D eigenvalue weighted by molar-refractivity contribution is -0.143. The van der Waals surface area contributed by atoms with E-state index >= 15 is 0 Å². The van der Waals surface area contributed by atoms with Gasteiger partial charge in [-0.05, 0) is 42.7 Å². The fraction of sp³-hybridized carbons (Fsp3) is 0.217. The highest BCUT2D eigenvalue weighted by Gasteiger charge is 2.66. The summed E-state index contributed by atoms with van der Waals surface area (Å²) in [5.74, 6) is -1.68.